The number of piperazine rings is 1. The van der Waals surface area contributed by atoms with Crippen LogP contribution in [-0.2, 0) is 26.2 Å². The molecule has 0 aromatic heterocycles. The van der Waals surface area contributed by atoms with Gasteiger partial charge in [0, 0.05) is 32.2 Å². The van der Waals surface area contributed by atoms with Crippen molar-refractivity contribution in [2.75, 3.05) is 37.7 Å². The number of benzene rings is 2. The fourth-order valence-electron chi connectivity index (χ4n) is 5.80. The smallest absolute Gasteiger partial charge is 0.246 e. The van der Waals surface area contributed by atoms with Crippen LogP contribution in [0.2, 0.25) is 0 Å². The van der Waals surface area contributed by atoms with Gasteiger partial charge in [-0.15, -0.1) is 0 Å². The number of methoxy groups -OCH3 is 1. The van der Waals surface area contributed by atoms with Gasteiger partial charge in [-0.3, -0.25) is 19.2 Å². The van der Waals surface area contributed by atoms with E-state index in [1.54, 1.807) is 18.2 Å². The van der Waals surface area contributed by atoms with Crippen LogP contribution in [-0.4, -0.2) is 74.6 Å². The maximum Gasteiger partial charge on any atom is 0.246 e. The largest absolute Gasteiger partial charge is 0.493 e. The number of hydrogen-bond acceptors (Lipinski definition) is 7. The van der Waals surface area contributed by atoms with Crippen molar-refractivity contribution in [2.24, 2.45) is 5.92 Å². The SMILES string of the molecule is CCCCN1C(=O)[C@H](CC(C)C)NC(=O)C12CCN(Cc1ccc(Oc3ccc(NS(C)(=O)=O)cc3OC)cc1)CC2. The molecule has 1 atom stereocenters. The zero-order valence-electron chi connectivity index (χ0n) is 25.3. The van der Waals surface area contributed by atoms with Crippen molar-refractivity contribution in [3.05, 3.63) is 48.0 Å². The third kappa shape index (κ3) is 7.55. The quantitative estimate of drug-likeness (QED) is 0.372. The summed E-state index contributed by atoms with van der Waals surface area (Å²) in [6.07, 6.45) is 4.85. The lowest BCUT2D eigenvalue weighted by Gasteiger charge is -2.52. The van der Waals surface area contributed by atoms with Gasteiger partial charge in [0.15, 0.2) is 11.5 Å². The van der Waals surface area contributed by atoms with E-state index in [4.69, 9.17) is 9.47 Å². The van der Waals surface area contributed by atoms with Gasteiger partial charge in [0.05, 0.1) is 19.1 Å². The minimum absolute atomic E-state index is 0.000523. The van der Waals surface area contributed by atoms with Gasteiger partial charge >= 0.3 is 0 Å². The molecule has 2 aromatic carbocycles. The summed E-state index contributed by atoms with van der Waals surface area (Å²) in [5.74, 6) is 1.89. The molecule has 0 unspecified atom stereocenters. The number of likely N-dealkylation sites (tertiary alicyclic amines) is 1. The Morgan fingerprint density at radius 2 is 1.76 bits per heavy atom. The molecule has 230 valence electrons. The molecule has 2 aromatic rings. The van der Waals surface area contributed by atoms with Crippen molar-refractivity contribution >= 4 is 27.5 Å². The lowest BCUT2D eigenvalue weighted by molar-refractivity contribution is -0.161. The average molecular weight is 601 g/mol. The van der Waals surface area contributed by atoms with Gasteiger partial charge in [0.2, 0.25) is 21.8 Å². The van der Waals surface area contributed by atoms with Gasteiger partial charge in [-0.05, 0) is 61.4 Å². The van der Waals surface area contributed by atoms with E-state index in [0.717, 1.165) is 44.3 Å². The van der Waals surface area contributed by atoms with Gasteiger partial charge in [0.1, 0.15) is 17.3 Å². The number of hydrogen-bond donors (Lipinski definition) is 2. The first kappa shape index (κ1) is 31.6. The van der Waals surface area contributed by atoms with Crippen molar-refractivity contribution in [1.29, 1.82) is 0 Å². The van der Waals surface area contributed by atoms with Crippen LogP contribution in [0.15, 0.2) is 42.5 Å². The van der Waals surface area contributed by atoms with E-state index in [9.17, 15) is 18.0 Å². The summed E-state index contributed by atoms with van der Waals surface area (Å²) < 4.78 is 36.9. The molecule has 11 heteroatoms. The van der Waals surface area contributed by atoms with Crippen LogP contribution in [0.25, 0.3) is 0 Å². The van der Waals surface area contributed by atoms with E-state index in [-0.39, 0.29) is 11.8 Å². The summed E-state index contributed by atoms with van der Waals surface area (Å²) in [6, 6.07) is 12.2. The highest BCUT2D eigenvalue weighted by molar-refractivity contribution is 7.92. The molecule has 2 N–H and O–H groups in total. The number of amides is 2. The van der Waals surface area contributed by atoms with Crippen molar-refractivity contribution in [2.45, 2.75) is 71.0 Å². The monoisotopic (exact) mass is 600 g/mol. The molecule has 0 radical (unpaired) electrons. The number of carbonyl (C=O) groups excluding carboxylic acids is 2. The first-order valence-electron chi connectivity index (χ1n) is 14.7. The number of sulfonamides is 1. The normalized spacial score (nSPS) is 19.2. The van der Waals surface area contributed by atoms with Crippen LogP contribution in [0.4, 0.5) is 5.69 Å². The Hall–Kier alpha value is -3.31. The Morgan fingerprint density at radius 3 is 2.36 bits per heavy atom. The molecule has 2 saturated heterocycles. The van der Waals surface area contributed by atoms with E-state index in [0.29, 0.717) is 54.7 Å². The lowest BCUT2D eigenvalue weighted by atomic mass is 9.80. The molecule has 1 spiro atoms. The van der Waals surface area contributed by atoms with Crippen LogP contribution in [0.3, 0.4) is 0 Å². The van der Waals surface area contributed by atoms with E-state index in [1.165, 1.54) is 7.11 Å². The van der Waals surface area contributed by atoms with Gasteiger partial charge in [0.25, 0.3) is 0 Å². The number of anilines is 1. The lowest BCUT2D eigenvalue weighted by Crippen LogP contribution is -2.73. The van der Waals surface area contributed by atoms with Crippen molar-refractivity contribution in [3.8, 4) is 17.2 Å². The number of ether oxygens (including phenoxy) is 2. The van der Waals surface area contributed by atoms with Crippen molar-refractivity contribution < 1.29 is 27.5 Å². The highest BCUT2D eigenvalue weighted by atomic mass is 32.2. The second-order valence-electron chi connectivity index (χ2n) is 11.8. The summed E-state index contributed by atoms with van der Waals surface area (Å²) >= 11 is 0. The number of nitrogens with one attached hydrogen (secondary N) is 2. The van der Waals surface area contributed by atoms with Crippen LogP contribution in [0, 0.1) is 5.92 Å². The molecular weight excluding hydrogens is 556 g/mol. The Balaban J connectivity index is 1.38. The second kappa shape index (κ2) is 13.3. The van der Waals surface area contributed by atoms with E-state index in [1.807, 2.05) is 29.2 Å². The summed E-state index contributed by atoms with van der Waals surface area (Å²) in [5, 5.41) is 3.07. The topological polar surface area (TPSA) is 117 Å². The molecule has 0 aliphatic carbocycles. The maximum atomic E-state index is 13.5. The van der Waals surface area contributed by atoms with Crippen LogP contribution < -0.4 is 19.5 Å². The van der Waals surface area contributed by atoms with E-state index >= 15 is 0 Å². The predicted octanol–water partition coefficient (Wildman–Crippen LogP) is 4.37. The van der Waals surface area contributed by atoms with Gasteiger partial charge in [-0.1, -0.05) is 39.3 Å². The number of carbonyl (C=O) groups is 2. The van der Waals surface area contributed by atoms with Crippen LogP contribution >= 0.6 is 0 Å². The molecule has 0 bridgehead atoms. The predicted molar refractivity (Wildman–Crippen MR) is 163 cm³/mol. The molecule has 10 nitrogen and oxygen atoms in total. The summed E-state index contributed by atoms with van der Waals surface area (Å²) in [6.45, 7) is 9.06. The standard InChI is InChI=1S/C31H44N4O6S/c1-6-7-16-35-29(36)26(19-22(2)3)32-30(37)31(35)14-17-34(18-15-31)21-23-8-11-25(12-9-23)41-27-13-10-24(20-28(27)40-4)33-42(5,38)39/h8-13,20,22,26,33H,6-7,14-19,21H2,1-5H3,(H,32,37)/t26-/m0/s1. The molecule has 4 rings (SSSR count). The number of unbranched alkanes of at least 4 members (excludes halogenated alkanes) is 1. The third-order valence-corrected chi connectivity index (χ3v) is 8.57. The van der Waals surface area contributed by atoms with Crippen LogP contribution in [0.5, 0.6) is 17.2 Å². The Kier molecular flexibility index (Phi) is 10.0. The first-order chi connectivity index (χ1) is 19.9. The maximum absolute atomic E-state index is 13.5. The summed E-state index contributed by atoms with van der Waals surface area (Å²) in [5.41, 5.74) is 0.737. The van der Waals surface area contributed by atoms with Crippen molar-refractivity contribution in [3.63, 3.8) is 0 Å². The Morgan fingerprint density at radius 1 is 1.07 bits per heavy atom. The molecule has 42 heavy (non-hydrogen) atoms. The highest BCUT2D eigenvalue weighted by Crippen LogP contribution is 2.36. The fourth-order valence-corrected chi connectivity index (χ4v) is 6.36. The molecule has 2 amide bonds. The molecule has 2 aliphatic heterocycles. The second-order valence-corrected chi connectivity index (χ2v) is 13.5. The highest BCUT2D eigenvalue weighted by Gasteiger charge is 2.53. The van der Waals surface area contributed by atoms with Gasteiger partial charge in [-0.2, -0.15) is 0 Å². The Labute approximate surface area is 249 Å². The zero-order chi connectivity index (χ0) is 30.5. The molecule has 2 fully saturated rings. The number of piperidine rings is 1. The average Bonchev–Trinajstić information content (AvgIpc) is 2.93. The molecule has 2 aliphatic rings. The zero-order valence-corrected chi connectivity index (χ0v) is 26.1. The summed E-state index contributed by atoms with van der Waals surface area (Å²) in [7, 11) is -1.91. The molecular formula is C31H44N4O6S. The third-order valence-electron chi connectivity index (χ3n) is 7.96. The number of nitrogens with zero attached hydrogens (tertiary/aromatic N) is 2. The Bertz CT molecular complexity index is 1350. The van der Waals surface area contributed by atoms with Gasteiger partial charge < -0.3 is 19.7 Å². The van der Waals surface area contributed by atoms with E-state index < -0.39 is 21.6 Å². The van der Waals surface area contributed by atoms with E-state index in [2.05, 4.69) is 35.7 Å². The first-order valence-corrected chi connectivity index (χ1v) is 16.6. The fraction of sp³-hybridized carbons (Fsp3) is 0.548. The van der Waals surface area contributed by atoms with Crippen LogP contribution in [0.1, 0.15) is 58.4 Å². The summed E-state index contributed by atoms with van der Waals surface area (Å²) in [4.78, 5) is 31.2. The van der Waals surface area contributed by atoms with Crippen molar-refractivity contribution in [1.82, 2.24) is 15.1 Å². The minimum atomic E-state index is -3.40. The van der Waals surface area contributed by atoms with Gasteiger partial charge in [-0.25, -0.2) is 8.42 Å². The molecule has 2 heterocycles. The molecule has 0 saturated carbocycles. The number of rotatable bonds is 12. The minimum Gasteiger partial charge on any atom is -0.493 e.